The van der Waals surface area contributed by atoms with Crippen LogP contribution in [0.2, 0.25) is 0 Å². The minimum absolute atomic E-state index is 0.198. The van der Waals surface area contributed by atoms with E-state index < -0.39 is 0 Å². The normalized spacial score (nSPS) is 11.0. The van der Waals surface area contributed by atoms with Crippen LogP contribution in [0.15, 0.2) is 79.0 Å². The molecule has 0 bridgehead atoms. The molecule has 1 heterocycles. The molecule has 0 spiro atoms. The SMILES string of the molecule is COc1ccc(NC(=O)c2cccc(Oc3ccc4c(ccn4CCCN(C)C)c3)c2)cc1. The molecule has 33 heavy (non-hydrogen) atoms. The van der Waals surface area contributed by atoms with Gasteiger partial charge in [0.2, 0.25) is 0 Å². The van der Waals surface area contributed by atoms with E-state index in [-0.39, 0.29) is 5.91 Å². The smallest absolute Gasteiger partial charge is 0.255 e. The average molecular weight is 444 g/mol. The highest BCUT2D eigenvalue weighted by molar-refractivity contribution is 6.04. The van der Waals surface area contributed by atoms with Crippen LogP contribution in [-0.4, -0.2) is 43.1 Å². The van der Waals surface area contributed by atoms with E-state index >= 15 is 0 Å². The van der Waals surface area contributed by atoms with Crippen molar-refractivity contribution in [2.75, 3.05) is 33.1 Å². The molecule has 4 aromatic rings. The Morgan fingerprint density at radius 2 is 1.70 bits per heavy atom. The molecule has 170 valence electrons. The number of aryl methyl sites for hydroxylation is 1. The lowest BCUT2D eigenvalue weighted by Gasteiger charge is -2.11. The summed E-state index contributed by atoms with van der Waals surface area (Å²) in [4.78, 5) is 14.9. The number of amides is 1. The molecule has 1 amide bonds. The second kappa shape index (κ2) is 10.2. The lowest BCUT2D eigenvalue weighted by molar-refractivity contribution is 0.102. The summed E-state index contributed by atoms with van der Waals surface area (Å²) in [5, 5.41) is 4.03. The predicted molar refractivity (Wildman–Crippen MR) is 133 cm³/mol. The van der Waals surface area contributed by atoms with Crippen molar-refractivity contribution in [2.45, 2.75) is 13.0 Å². The molecule has 0 aliphatic carbocycles. The van der Waals surface area contributed by atoms with Crippen LogP contribution in [0.1, 0.15) is 16.8 Å². The molecule has 6 nitrogen and oxygen atoms in total. The van der Waals surface area contributed by atoms with Gasteiger partial charge in [0.1, 0.15) is 17.2 Å². The Morgan fingerprint density at radius 3 is 2.45 bits per heavy atom. The highest BCUT2D eigenvalue weighted by atomic mass is 16.5. The minimum Gasteiger partial charge on any atom is -0.497 e. The highest BCUT2D eigenvalue weighted by Crippen LogP contribution is 2.27. The summed E-state index contributed by atoms with van der Waals surface area (Å²) in [5.74, 6) is 1.89. The summed E-state index contributed by atoms with van der Waals surface area (Å²) in [6, 6.07) is 22.6. The molecule has 1 N–H and O–H groups in total. The number of benzene rings is 3. The van der Waals surface area contributed by atoms with Gasteiger partial charge in [-0.15, -0.1) is 0 Å². The van der Waals surface area contributed by atoms with Gasteiger partial charge in [-0.3, -0.25) is 4.79 Å². The number of carbonyl (C=O) groups is 1. The predicted octanol–water partition coefficient (Wildman–Crippen LogP) is 5.65. The Kier molecular flexibility index (Phi) is 6.95. The molecule has 0 saturated heterocycles. The zero-order valence-corrected chi connectivity index (χ0v) is 19.2. The van der Waals surface area contributed by atoms with E-state index in [2.05, 4.69) is 47.2 Å². The first-order chi connectivity index (χ1) is 16.0. The van der Waals surface area contributed by atoms with Gasteiger partial charge in [0, 0.05) is 34.9 Å². The van der Waals surface area contributed by atoms with E-state index in [0.29, 0.717) is 17.0 Å². The van der Waals surface area contributed by atoms with E-state index in [1.54, 1.807) is 43.5 Å². The van der Waals surface area contributed by atoms with E-state index in [1.165, 1.54) is 5.52 Å². The quantitative estimate of drug-likeness (QED) is 0.363. The third-order valence-electron chi connectivity index (χ3n) is 5.43. The second-order valence-electron chi connectivity index (χ2n) is 8.20. The van der Waals surface area contributed by atoms with E-state index in [1.807, 2.05) is 24.3 Å². The van der Waals surface area contributed by atoms with Crippen LogP contribution in [0.3, 0.4) is 0 Å². The fourth-order valence-corrected chi connectivity index (χ4v) is 3.71. The summed E-state index contributed by atoms with van der Waals surface area (Å²) < 4.78 is 13.5. The fourth-order valence-electron chi connectivity index (χ4n) is 3.71. The first-order valence-corrected chi connectivity index (χ1v) is 11.0. The largest absolute Gasteiger partial charge is 0.497 e. The number of aromatic nitrogens is 1. The number of ether oxygens (including phenoxy) is 2. The Morgan fingerprint density at radius 1 is 0.939 bits per heavy atom. The summed E-state index contributed by atoms with van der Waals surface area (Å²) in [6.07, 6.45) is 3.22. The average Bonchev–Trinajstić information content (AvgIpc) is 3.21. The van der Waals surface area contributed by atoms with Crippen molar-refractivity contribution in [3.8, 4) is 17.2 Å². The molecular formula is C27H29N3O3. The molecule has 4 rings (SSSR count). The number of nitrogens with one attached hydrogen (secondary N) is 1. The third-order valence-corrected chi connectivity index (χ3v) is 5.43. The van der Waals surface area contributed by atoms with Gasteiger partial charge >= 0.3 is 0 Å². The van der Waals surface area contributed by atoms with Crippen LogP contribution in [0.25, 0.3) is 10.9 Å². The number of anilines is 1. The third kappa shape index (κ3) is 5.73. The lowest BCUT2D eigenvalue weighted by Crippen LogP contribution is -2.14. The second-order valence-corrected chi connectivity index (χ2v) is 8.20. The maximum atomic E-state index is 12.7. The van der Waals surface area contributed by atoms with Crippen molar-refractivity contribution in [1.29, 1.82) is 0 Å². The summed E-state index contributed by atoms with van der Waals surface area (Å²) in [5.41, 5.74) is 2.41. The van der Waals surface area contributed by atoms with Gasteiger partial charge in [-0.2, -0.15) is 0 Å². The van der Waals surface area contributed by atoms with Gasteiger partial charge < -0.3 is 24.3 Å². The Bertz CT molecular complexity index is 1230. The van der Waals surface area contributed by atoms with Crippen LogP contribution in [0.5, 0.6) is 17.2 Å². The van der Waals surface area contributed by atoms with Gasteiger partial charge in [-0.05, 0) is 93.8 Å². The molecule has 0 atom stereocenters. The van der Waals surface area contributed by atoms with E-state index in [9.17, 15) is 4.79 Å². The summed E-state index contributed by atoms with van der Waals surface area (Å²) in [6.45, 7) is 2.04. The van der Waals surface area contributed by atoms with Crippen molar-refractivity contribution in [3.63, 3.8) is 0 Å². The molecule has 0 saturated carbocycles. The first-order valence-electron chi connectivity index (χ1n) is 11.0. The minimum atomic E-state index is -0.198. The molecule has 0 aliphatic rings. The Hall–Kier alpha value is -3.77. The number of nitrogens with zero attached hydrogens (tertiary/aromatic N) is 2. The van der Waals surface area contributed by atoms with Crippen molar-refractivity contribution in [2.24, 2.45) is 0 Å². The van der Waals surface area contributed by atoms with Crippen LogP contribution < -0.4 is 14.8 Å². The molecule has 6 heteroatoms. The molecule has 1 aromatic heterocycles. The molecule has 0 fully saturated rings. The molecule has 0 radical (unpaired) electrons. The number of methoxy groups -OCH3 is 1. The number of rotatable bonds is 9. The van der Waals surface area contributed by atoms with Gasteiger partial charge in [0.15, 0.2) is 0 Å². The van der Waals surface area contributed by atoms with E-state index in [0.717, 1.165) is 36.4 Å². The number of fused-ring (bicyclic) bond motifs is 1. The molecule has 3 aromatic carbocycles. The van der Waals surface area contributed by atoms with Crippen molar-refractivity contribution < 1.29 is 14.3 Å². The van der Waals surface area contributed by atoms with Crippen molar-refractivity contribution in [3.05, 3.63) is 84.6 Å². The molecule has 0 aliphatic heterocycles. The number of carbonyl (C=O) groups excluding carboxylic acids is 1. The zero-order chi connectivity index (χ0) is 23.2. The van der Waals surface area contributed by atoms with Gasteiger partial charge in [0.25, 0.3) is 5.91 Å². The maximum absolute atomic E-state index is 12.7. The van der Waals surface area contributed by atoms with Crippen molar-refractivity contribution in [1.82, 2.24) is 9.47 Å². The van der Waals surface area contributed by atoms with E-state index in [4.69, 9.17) is 9.47 Å². The Balaban J connectivity index is 1.43. The number of hydrogen-bond donors (Lipinski definition) is 1. The Labute approximate surface area is 194 Å². The van der Waals surface area contributed by atoms with Crippen LogP contribution in [0.4, 0.5) is 5.69 Å². The van der Waals surface area contributed by atoms with Gasteiger partial charge in [0.05, 0.1) is 7.11 Å². The van der Waals surface area contributed by atoms with Crippen LogP contribution in [-0.2, 0) is 6.54 Å². The monoisotopic (exact) mass is 443 g/mol. The first kappa shape index (κ1) is 22.4. The zero-order valence-electron chi connectivity index (χ0n) is 19.2. The standard InChI is InChI=1S/C27H29N3O3/c1-29(2)15-5-16-30-17-14-20-18-25(12-13-26(20)30)33-24-7-4-6-21(19-24)27(31)28-22-8-10-23(32-3)11-9-22/h4,6-14,17-19H,5,15-16H2,1-3H3,(H,28,31). The van der Waals surface area contributed by atoms with Gasteiger partial charge in [-0.25, -0.2) is 0 Å². The fraction of sp³-hybridized carbons (Fsp3) is 0.222. The maximum Gasteiger partial charge on any atom is 0.255 e. The highest BCUT2D eigenvalue weighted by Gasteiger charge is 2.09. The number of hydrogen-bond acceptors (Lipinski definition) is 4. The van der Waals surface area contributed by atoms with Gasteiger partial charge in [-0.1, -0.05) is 6.07 Å². The summed E-state index contributed by atoms with van der Waals surface area (Å²) in [7, 11) is 5.79. The van der Waals surface area contributed by atoms with Crippen LogP contribution >= 0.6 is 0 Å². The topological polar surface area (TPSA) is 55.7 Å². The summed E-state index contributed by atoms with van der Waals surface area (Å²) >= 11 is 0. The molecule has 0 unspecified atom stereocenters. The molecular weight excluding hydrogens is 414 g/mol. The van der Waals surface area contributed by atoms with Crippen LogP contribution in [0, 0.1) is 0 Å². The van der Waals surface area contributed by atoms with Crippen molar-refractivity contribution >= 4 is 22.5 Å². The lowest BCUT2D eigenvalue weighted by atomic mass is 10.2.